The minimum absolute atomic E-state index is 0.0306. The van der Waals surface area contributed by atoms with Crippen LogP contribution >= 0.6 is 11.3 Å². The summed E-state index contributed by atoms with van der Waals surface area (Å²) in [7, 11) is 1.72. The molecule has 2 aromatic rings. The number of nitrogen functional groups attached to an aromatic ring is 1. The third-order valence-electron chi connectivity index (χ3n) is 1.92. The first-order valence-electron chi connectivity index (χ1n) is 4.09. The Bertz CT molecular complexity index is 495. The maximum atomic E-state index is 11.5. The van der Waals surface area contributed by atoms with Gasteiger partial charge in [-0.25, -0.2) is 9.78 Å². The van der Waals surface area contributed by atoms with Crippen molar-refractivity contribution < 1.29 is 0 Å². The van der Waals surface area contributed by atoms with Crippen molar-refractivity contribution in [1.29, 1.82) is 0 Å². The van der Waals surface area contributed by atoms with E-state index in [1.165, 1.54) is 15.9 Å². The van der Waals surface area contributed by atoms with Gasteiger partial charge in [-0.2, -0.15) is 0 Å². The maximum absolute atomic E-state index is 11.5. The van der Waals surface area contributed by atoms with E-state index in [1.54, 1.807) is 30.2 Å². The summed E-state index contributed by atoms with van der Waals surface area (Å²) >= 11 is 1.40. The van der Waals surface area contributed by atoms with E-state index in [9.17, 15) is 4.79 Å². The zero-order valence-electron chi connectivity index (χ0n) is 7.67. The fraction of sp³-hybridized carbons (Fsp3) is 0.250. The minimum atomic E-state index is -0.0306. The monoisotopic (exact) mass is 210 g/mol. The van der Waals surface area contributed by atoms with Gasteiger partial charge in [-0.3, -0.25) is 4.57 Å². The average molecular weight is 210 g/mol. The van der Waals surface area contributed by atoms with Crippen LogP contribution in [0.5, 0.6) is 0 Å². The van der Waals surface area contributed by atoms with Crippen molar-refractivity contribution in [2.24, 2.45) is 7.05 Å². The second-order valence-corrected chi connectivity index (χ2v) is 4.13. The van der Waals surface area contributed by atoms with Crippen molar-refractivity contribution in [3.63, 3.8) is 0 Å². The smallest absolute Gasteiger partial charge is 0.328 e. The van der Waals surface area contributed by atoms with Crippen LogP contribution in [0.4, 0.5) is 5.13 Å². The molecule has 2 rings (SSSR count). The van der Waals surface area contributed by atoms with Gasteiger partial charge in [-0.1, -0.05) is 0 Å². The topological polar surface area (TPSA) is 65.8 Å². The lowest BCUT2D eigenvalue weighted by Gasteiger charge is -1.95. The lowest BCUT2D eigenvalue weighted by atomic mass is 10.5. The van der Waals surface area contributed by atoms with Crippen LogP contribution in [-0.2, 0) is 13.6 Å². The van der Waals surface area contributed by atoms with Crippen molar-refractivity contribution >= 4 is 16.5 Å². The van der Waals surface area contributed by atoms with E-state index >= 15 is 0 Å². The highest BCUT2D eigenvalue weighted by Gasteiger charge is 2.03. The van der Waals surface area contributed by atoms with Gasteiger partial charge in [0, 0.05) is 30.5 Å². The largest absolute Gasteiger partial charge is 0.375 e. The number of hydrogen-bond donors (Lipinski definition) is 1. The molecule has 14 heavy (non-hydrogen) atoms. The molecule has 0 aliphatic heterocycles. The highest BCUT2D eigenvalue weighted by atomic mass is 32.1. The fourth-order valence-electron chi connectivity index (χ4n) is 1.19. The van der Waals surface area contributed by atoms with E-state index in [-0.39, 0.29) is 5.69 Å². The highest BCUT2D eigenvalue weighted by molar-refractivity contribution is 7.15. The summed E-state index contributed by atoms with van der Waals surface area (Å²) in [4.78, 5) is 16.4. The fourth-order valence-corrected chi connectivity index (χ4v) is 1.88. The number of nitrogens with two attached hydrogens (primary N) is 1. The predicted molar refractivity (Wildman–Crippen MR) is 55.3 cm³/mol. The molecule has 0 atom stereocenters. The number of thiazole rings is 1. The Morgan fingerprint density at radius 3 is 2.86 bits per heavy atom. The molecule has 0 aliphatic rings. The number of rotatable bonds is 2. The first kappa shape index (κ1) is 9.01. The molecule has 74 valence electrons. The van der Waals surface area contributed by atoms with E-state index in [2.05, 4.69) is 4.98 Å². The van der Waals surface area contributed by atoms with Gasteiger partial charge in [0.25, 0.3) is 0 Å². The average Bonchev–Trinajstić information content (AvgIpc) is 2.67. The van der Waals surface area contributed by atoms with E-state index in [0.717, 1.165) is 4.88 Å². The molecule has 0 saturated carbocycles. The number of aromatic nitrogens is 3. The molecule has 5 nitrogen and oxygen atoms in total. The Morgan fingerprint density at radius 2 is 2.36 bits per heavy atom. The molecule has 0 amide bonds. The molecule has 0 spiro atoms. The van der Waals surface area contributed by atoms with Crippen LogP contribution in [0.15, 0.2) is 23.4 Å². The Kier molecular flexibility index (Phi) is 2.12. The summed E-state index contributed by atoms with van der Waals surface area (Å²) in [6, 6.07) is 0. The normalized spacial score (nSPS) is 10.6. The summed E-state index contributed by atoms with van der Waals surface area (Å²) in [5, 5.41) is 0.531. The summed E-state index contributed by atoms with van der Waals surface area (Å²) < 4.78 is 3.15. The van der Waals surface area contributed by atoms with E-state index in [1.807, 2.05) is 0 Å². The molecule has 0 aromatic carbocycles. The number of aryl methyl sites for hydroxylation is 1. The van der Waals surface area contributed by atoms with E-state index < -0.39 is 0 Å². The highest BCUT2D eigenvalue weighted by Crippen LogP contribution is 2.14. The lowest BCUT2D eigenvalue weighted by Crippen LogP contribution is -2.21. The summed E-state index contributed by atoms with van der Waals surface area (Å²) in [6.45, 7) is 0.536. The van der Waals surface area contributed by atoms with Crippen LogP contribution in [0.2, 0.25) is 0 Å². The molecule has 0 unspecified atom stereocenters. The lowest BCUT2D eigenvalue weighted by molar-refractivity contribution is 0.723. The molecular weight excluding hydrogens is 200 g/mol. The molecule has 2 N–H and O–H groups in total. The number of anilines is 1. The van der Waals surface area contributed by atoms with Crippen molar-refractivity contribution in [3.05, 3.63) is 34.0 Å². The molecule has 0 saturated heterocycles. The number of hydrogen-bond acceptors (Lipinski definition) is 4. The molecule has 2 heterocycles. The van der Waals surface area contributed by atoms with Gasteiger partial charge in [-0.15, -0.1) is 11.3 Å². The third kappa shape index (κ3) is 1.56. The van der Waals surface area contributed by atoms with Gasteiger partial charge < -0.3 is 10.3 Å². The van der Waals surface area contributed by atoms with Crippen molar-refractivity contribution in [1.82, 2.24) is 14.1 Å². The van der Waals surface area contributed by atoms with Gasteiger partial charge in [-0.05, 0) is 0 Å². The summed E-state index contributed by atoms with van der Waals surface area (Å²) in [6.07, 6.45) is 5.17. The van der Waals surface area contributed by atoms with Gasteiger partial charge >= 0.3 is 5.69 Å². The second-order valence-electron chi connectivity index (χ2n) is 2.98. The second kappa shape index (κ2) is 3.30. The predicted octanol–water partition coefficient (Wildman–Crippen LogP) is 0.274. The molecule has 6 heteroatoms. The number of nitrogens with zero attached hydrogens (tertiary/aromatic N) is 3. The molecule has 2 aromatic heterocycles. The Hall–Kier alpha value is -1.56. The molecule has 0 radical (unpaired) electrons. The van der Waals surface area contributed by atoms with Crippen LogP contribution in [0.1, 0.15) is 4.88 Å². The van der Waals surface area contributed by atoms with Gasteiger partial charge in [0.1, 0.15) is 0 Å². The van der Waals surface area contributed by atoms with Crippen LogP contribution in [0.3, 0.4) is 0 Å². The zero-order chi connectivity index (χ0) is 10.1. The van der Waals surface area contributed by atoms with Crippen LogP contribution in [-0.4, -0.2) is 14.1 Å². The van der Waals surface area contributed by atoms with Crippen LogP contribution in [0, 0.1) is 0 Å². The first-order chi connectivity index (χ1) is 6.66. The van der Waals surface area contributed by atoms with Gasteiger partial charge in [0.15, 0.2) is 5.13 Å². The van der Waals surface area contributed by atoms with E-state index in [4.69, 9.17) is 5.73 Å². The minimum Gasteiger partial charge on any atom is -0.375 e. The summed E-state index contributed by atoms with van der Waals surface area (Å²) in [5.41, 5.74) is 5.46. The van der Waals surface area contributed by atoms with Crippen molar-refractivity contribution in [2.45, 2.75) is 6.54 Å². The number of imidazole rings is 1. The first-order valence-corrected chi connectivity index (χ1v) is 4.90. The zero-order valence-corrected chi connectivity index (χ0v) is 8.49. The molecule has 0 aliphatic carbocycles. The molecule has 0 bridgehead atoms. The summed E-state index contributed by atoms with van der Waals surface area (Å²) in [5.74, 6) is 0. The third-order valence-corrected chi connectivity index (χ3v) is 2.73. The Morgan fingerprint density at radius 1 is 1.57 bits per heavy atom. The van der Waals surface area contributed by atoms with Crippen LogP contribution < -0.4 is 11.4 Å². The molecule has 0 fully saturated rings. The van der Waals surface area contributed by atoms with E-state index in [0.29, 0.717) is 11.7 Å². The van der Waals surface area contributed by atoms with Crippen LogP contribution in [0.25, 0.3) is 0 Å². The molecular formula is C8H10N4OS. The Balaban J connectivity index is 2.27. The van der Waals surface area contributed by atoms with Gasteiger partial charge in [0.05, 0.1) is 6.54 Å². The maximum Gasteiger partial charge on any atom is 0.328 e. The standard InChI is InChI=1S/C8H10N4OS/c1-11-2-3-12(8(11)13)5-6-4-10-7(9)14-6/h2-4H,5H2,1H3,(H2,9,10). The van der Waals surface area contributed by atoms with Crippen molar-refractivity contribution in [3.8, 4) is 0 Å². The Labute approximate surface area is 84.4 Å². The quantitative estimate of drug-likeness (QED) is 0.774. The van der Waals surface area contributed by atoms with Crippen molar-refractivity contribution in [2.75, 3.05) is 5.73 Å². The van der Waals surface area contributed by atoms with Gasteiger partial charge in [0.2, 0.25) is 0 Å². The SMILES string of the molecule is Cn1ccn(Cc2cnc(N)s2)c1=O.